The minimum Gasteiger partial charge on any atom is -0.507 e. The maximum absolute atomic E-state index is 13.1. The van der Waals surface area contributed by atoms with Gasteiger partial charge in [-0.2, -0.15) is 0 Å². The highest BCUT2D eigenvalue weighted by Gasteiger charge is 2.46. The first-order chi connectivity index (χ1) is 15.8. The summed E-state index contributed by atoms with van der Waals surface area (Å²) in [6.45, 7) is 4.79. The van der Waals surface area contributed by atoms with E-state index in [1.807, 2.05) is 19.0 Å². The van der Waals surface area contributed by atoms with Gasteiger partial charge in [0, 0.05) is 23.7 Å². The Morgan fingerprint density at radius 3 is 2.48 bits per heavy atom. The number of Topliss-reactive ketones (excluding diaryl/α,β-unsaturated/α-hetero) is 1. The van der Waals surface area contributed by atoms with Crippen LogP contribution < -0.4 is 9.47 Å². The zero-order valence-electron chi connectivity index (χ0n) is 18.9. The van der Waals surface area contributed by atoms with Gasteiger partial charge in [0.1, 0.15) is 12.4 Å². The van der Waals surface area contributed by atoms with Gasteiger partial charge in [-0.05, 0) is 56.1 Å². The van der Waals surface area contributed by atoms with Crippen molar-refractivity contribution in [3.8, 4) is 11.5 Å². The zero-order valence-corrected chi connectivity index (χ0v) is 19.6. The number of carbonyl (C=O) groups is 2. The lowest BCUT2D eigenvalue weighted by atomic mass is 9.95. The molecule has 2 aromatic rings. The monoisotopic (exact) mass is 470 g/mol. The molecule has 1 atom stereocenters. The summed E-state index contributed by atoms with van der Waals surface area (Å²) in [7, 11) is 5.28. The molecule has 1 aliphatic rings. The lowest BCUT2D eigenvalue weighted by Crippen LogP contribution is -2.35. The summed E-state index contributed by atoms with van der Waals surface area (Å²) in [5.41, 5.74) is 1.03. The molecule has 0 aromatic heterocycles. The molecule has 8 heteroatoms. The smallest absolute Gasteiger partial charge is 0.295 e. The van der Waals surface area contributed by atoms with E-state index in [4.69, 9.17) is 21.1 Å². The number of amides is 1. The van der Waals surface area contributed by atoms with E-state index in [1.165, 1.54) is 12.0 Å². The molecule has 3 rings (SSSR count). The third-order valence-electron chi connectivity index (χ3n) is 5.31. The summed E-state index contributed by atoms with van der Waals surface area (Å²) in [6.07, 6.45) is 1.62. The van der Waals surface area contributed by atoms with Gasteiger partial charge >= 0.3 is 0 Å². The molecule has 1 amide bonds. The first-order valence-corrected chi connectivity index (χ1v) is 10.8. The molecule has 0 bridgehead atoms. The van der Waals surface area contributed by atoms with Crippen molar-refractivity contribution < 1.29 is 24.2 Å². The molecular formula is C25H27ClN2O5. The fourth-order valence-electron chi connectivity index (χ4n) is 3.65. The average molecular weight is 471 g/mol. The minimum absolute atomic E-state index is 0.0166. The molecule has 2 aromatic carbocycles. The molecule has 1 saturated heterocycles. The third-order valence-corrected chi connectivity index (χ3v) is 5.56. The summed E-state index contributed by atoms with van der Waals surface area (Å²) in [6, 6.07) is 10.8. The third kappa shape index (κ3) is 5.21. The number of hydrogen-bond donors (Lipinski definition) is 1. The number of benzene rings is 2. The number of aliphatic hydroxyl groups excluding tert-OH is 1. The molecule has 0 radical (unpaired) electrons. The molecule has 1 N–H and O–H groups in total. The molecule has 1 fully saturated rings. The normalized spacial score (nSPS) is 17.5. The molecule has 1 heterocycles. The van der Waals surface area contributed by atoms with E-state index in [-0.39, 0.29) is 11.3 Å². The van der Waals surface area contributed by atoms with Crippen molar-refractivity contribution in [2.45, 2.75) is 6.04 Å². The summed E-state index contributed by atoms with van der Waals surface area (Å²) in [5.74, 6) is -0.711. The van der Waals surface area contributed by atoms with Crippen molar-refractivity contribution >= 4 is 29.1 Å². The minimum atomic E-state index is -0.789. The number of likely N-dealkylation sites (tertiary alicyclic amines) is 1. The van der Waals surface area contributed by atoms with Crippen LogP contribution in [0.25, 0.3) is 5.76 Å². The summed E-state index contributed by atoms with van der Waals surface area (Å²) < 4.78 is 11.1. The Labute approximate surface area is 198 Å². The van der Waals surface area contributed by atoms with Crippen LogP contribution in [0.4, 0.5) is 0 Å². The lowest BCUT2D eigenvalue weighted by molar-refractivity contribution is -0.140. The predicted molar refractivity (Wildman–Crippen MR) is 128 cm³/mol. The Hall–Kier alpha value is -3.29. The van der Waals surface area contributed by atoms with Crippen molar-refractivity contribution in [2.75, 3.05) is 40.9 Å². The Morgan fingerprint density at radius 1 is 1.18 bits per heavy atom. The summed E-state index contributed by atoms with van der Waals surface area (Å²) in [4.78, 5) is 29.5. The van der Waals surface area contributed by atoms with Crippen LogP contribution in [0.15, 0.2) is 60.7 Å². The van der Waals surface area contributed by atoms with Gasteiger partial charge in [0.25, 0.3) is 11.7 Å². The van der Waals surface area contributed by atoms with E-state index in [0.29, 0.717) is 47.3 Å². The van der Waals surface area contributed by atoms with Gasteiger partial charge in [-0.3, -0.25) is 9.59 Å². The van der Waals surface area contributed by atoms with Crippen LogP contribution in [0.2, 0.25) is 5.02 Å². The fourth-order valence-corrected chi connectivity index (χ4v) is 3.78. The second-order valence-corrected chi connectivity index (χ2v) is 8.25. The largest absolute Gasteiger partial charge is 0.507 e. The molecule has 7 nitrogen and oxygen atoms in total. The number of hydrogen-bond acceptors (Lipinski definition) is 6. The number of halogens is 1. The molecule has 174 valence electrons. The molecule has 1 aliphatic heterocycles. The van der Waals surface area contributed by atoms with E-state index >= 15 is 0 Å². The predicted octanol–water partition coefficient (Wildman–Crippen LogP) is 3.90. The second kappa shape index (κ2) is 10.6. The van der Waals surface area contributed by atoms with Crippen LogP contribution in [0, 0.1) is 0 Å². The van der Waals surface area contributed by atoms with Crippen LogP contribution >= 0.6 is 11.6 Å². The van der Waals surface area contributed by atoms with E-state index < -0.39 is 17.7 Å². The topological polar surface area (TPSA) is 79.3 Å². The van der Waals surface area contributed by atoms with Crippen molar-refractivity contribution in [3.63, 3.8) is 0 Å². The molecule has 0 spiro atoms. The van der Waals surface area contributed by atoms with Crippen LogP contribution in [0.3, 0.4) is 0 Å². The zero-order chi connectivity index (χ0) is 24.1. The van der Waals surface area contributed by atoms with E-state index in [9.17, 15) is 14.7 Å². The highest BCUT2D eigenvalue weighted by molar-refractivity contribution is 6.46. The number of methoxy groups -OCH3 is 1. The number of carbonyl (C=O) groups excluding carboxylic acids is 2. The molecule has 0 saturated carbocycles. The van der Waals surface area contributed by atoms with Crippen LogP contribution in [-0.4, -0.2) is 67.5 Å². The van der Waals surface area contributed by atoms with Crippen LogP contribution in [-0.2, 0) is 9.59 Å². The maximum atomic E-state index is 13.1. The van der Waals surface area contributed by atoms with Crippen LogP contribution in [0.5, 0.6) is 11.5 Å². The van der Waals surface area contributed by atoms with Crippen molar-refractivity contribution in [3.05, 3.63) is 76.8 Å². The standard InChI is InChI=1S/C25H27ClN2O5/c1-5-14-33-19-11-8-17(15-20(19)32-4)22-21(23(29)16-6-9-18(26)10-7-16)24(30)25(31)28(22)13-12-27(2)3/h5-11,15,22,29H,1,12-14H2,2-4H3. The molecule has 33 heavy (non-hydrogen) atoms. The van der Waals surface area contributed by atoms with Gasteiger partial charge in [0.05, 0.1) is 18.7 Å². The van der Waals surface area contributed by atoms with E-state index in [0.717, 1.165) is 0 Å². The SMILES string of the molecule is C=CCOc1ccc(C2C(=C(O)c3ccc(Cl)cc3)C(=O)C(=O)N2CCN(C)C)cc1OC. The van der Waals surface area contributed by atoms with Gasteiger partial charge in [-0.25, -0.2) is 0 Å². The summed E-state index contributed by atoms with van der Waals surface area (Å²) in [5, 5.41) is 11.6. The Kier molecular flexibility index (Phi) is 7.79. The van der Waals surface area contributed by atoms with Crippen LogP contribution in [0.1, 0.15) is 17.2 Å². The Morgan fingerprint density at radius 2 is 1.88 bits per heavy atom. The number of nitrogens with zero attached hydrogens (tertiary/aromatic N) is 2. The Bertz CT molecular complexity index is 1080. The number of ketones is 1. The first kappa shape index (κ1) is 24.4. The first-order valence-electron chi connectivity index (χ1n) is 10.4. The van der Waals surface area contributed by atoms with Gasteiger partial charge in [0.15, 0.2) is 11.5 Å². The maximum Gasteiger partial charge on any atom is 0.295 e. The van der Waals surface area contributed by atoms with Gasteiger partial charge in [-0.15, -0.1) is 0 Å². The number of likely N-dealkylation sites (N-methyl/N-ethyl adjacent to an activating group) is 1. The average Bonchev–Trinajstić information content (AvgIpc) is 3.06. The highest BCUT2D eigenvalue weighted by Crippen LogP contribution is 2.42. The molecule has 1 unspecified atom stereocenters. The number of rotatable bonds is 9. The number of ether oxygens (including phenoxy) is 2. The van der Waals surface area contributed by atoms with E-state index in [1.54, 1.807) is 48.5 Å². The molecule has 0 aliphatic carbocycles. The van der Waals surface area contributed by atoms with Gasteiger partial charge in [0.2, 0.25) is 0 Å². The highest BCUT2D eigenvalue weighted by atomic mass is 35.5. The van der Waals surface area contributed by atoms with E-state index in [2.05, 4.69) is 6.58 Å². The van der Waals surface area contributed by atoms with Gasteiger partial charge in [-0.1, -0.05) is 30.3 Å². The van der Waals surface area contributed by atoms with Gasteiger partial charge < -0.3 is 24.4 Å². The fraction of sp³-hybridized carbons (Fsp3) is 0.280. The quantitative estimate of drug-likeness (QED) is 0.259. The van der Waals surface area contributed by atoms with Crippen molar-refractivity contribution in [1.82, 2.24) is 9.80 Å². The van der Waals surface area contributed by atoms with Crippen molar-refractivity contribution in [2.24, 2.45) is 0 Å². The second-order valence-electron chi connectivity index (χ2n) is 7.81. The Balaban J connectivity index is 2.15. The number of aliphatic hydroxyl groups is 1. The molecular weight excluding hydrogens is 444 g/mol. The van der Waals surface area contributed by atoms with Crippen molar-refractivity contribution in [1.29, 1.82) is 0 Å². The lowest BCUT2D eigenvalue weighted by Gasteiger charge is -2.27. The summed E-state index contributed by atoms with van der Waals surface area (Å²) >= 11 is 5.97.